The van der Waals surface area contributed by atoms with Crippen molar-refractivity contribution in [2.45, 2.75) is 131 Å². The van der Waals surface area contributed by atoms with Crippen LogP contribution in [0.3, 0.4) is 0 Å². The fraction of sp³-hybridized carbons (Fsp3) is 0.556. The number of nitrogens with zero attached hydrogens (tertiary/aromatic N) is 2. The first-order chi connectivity index (χ1) is 18.6. The Bertz CT molecular complexity index is 993. The summed E-state index contributed by atoms with van der Waals surface area (Å²) in [6.07, 6.45) is 20.3. The predicted octanol–water partition coefficient (Wildman–Crippen LogP) is 11.3. The van der Waals surface area contributed by atoms with Crippen LogP contribution in [0.2, 0.25) is 0 Å². The lowest BCUT2D eigenvalue weighted by Gasteiger charge is -2.12. The molecule has 2 rings (SSSR count). The molecule has 0 aliphatic carbocycles. The van der Waals surface area contributed by atoms with Gasteiger partial charge in [-0.05, 0) is 97.5 Å². The quantitative estimate of drug-likeness (QED) is 0.140. The van der Waals surface area contributed by atoms with Gasteiger partial charge in [-0.25, -0.2) is 4.99 Å². The zero-order valence-electron chi connectivity index (χ0n) is 25.4. The smallest absolute Gasteiger partial charge is 0.0848 e. The molecule has 0 amide bonds. The topological polar surface area (TPSA) is 24.7 Å². The van der Waals surface area contributed by atoms with Crippen molar-refractivity contribution < 1.29 is 0 Å². The van der Waals surface area contributed by atoms with Crippen LogP contribution in [0.25, 0.3) is 0 Å². The van der Waals surface area contributed by atoms with Crippen molar-refractivity contribution in [2.24, 2.45) is 9.98 Å². The Kier molecular flexibility index (Phi) is 15.6. The van der Waals surface area contributed by atoms with Crippen LogP contribution in [0, 0.1) is 0 Å². The van der Waals surface area contributed by atoms with Gasteiger partial charge in [0.05, 0.1) is 22.8 Å². The Labute approximate surface area is 234 Å². The average Bonchev–Trinajstić information content (AvgIpc) is 2.89. The fourth-order valence-corrected chi connectivity index (χ4v) is 4.94. The summed E-state index contributed by atoms with van der Waals surface area (Å²) >= 11 is 0. The first-order valence-corrected chi connectivity index (χ1v) is 15.6. The molecule has 0 atom stereocenters. The molecule has 0 heterocycles. The molecule has 0 fully saturated rings. The Hall–Kier alpha value is -2.48. The van der Waals surface area contributed by atoms with Gasteiger partial charge in [0.15, 0.2) is 0 Å². The van der Waals surface area contributed by atoms with Gasteiger partial charge >= 0.3 is 0 Å². The number of hydrogen-bond acceptors (Lipinski definition) is 2. The summed E-state index contributed by atoms with van der Waals surface area (Å²) in [6, 6.07) is 13.9. The number of allylic oxidation sites excluding steroid dienone is 2. The molecule has 0 saturated carbocycles. The second kappa shape index (κ2) is 18.7. The van der Waals surface area contributed by atoms with Crippen molar-refractivity contribution in [3.8, 4) is 0 Å². The normalized spacial score (nSPS) is 12.6. The van der Waals surface area contributed by atoms with Crippen LogP contribution >= 0.6 is 0 Å². The zero-order valence-corrected chi connectivity index (χ0v) is 25.4. The summed E-state index contributed by atoms with van der Waals surface area (Å²) in [6.45, 7) is 13.5. The molecule has 0 radical (unpaired) electrons. The Morgan fingerprint density at radius 1 is 0.553 bits per heavy atom. The highest BCUT2D eigenvalue weighted by atomic mass is 14.8. The largest absolute Gasteiger partial charge is 0.251 e. The minimum Gasteiger partial charge on any atom is -0.251 e. The molecule has 0 aliphatic heterocycles. The van der Waals surface area contributed by atoms with Crippen LogP contribution in [0.5, 0.6) is 0 Å². The van der Waals surface area contributed by atoms with Gasteiger partial charge in [-0.15, -0.1) is 0 Å². The van der Waals surface area contributed by atoms with Gasteiger partial charge in [0, 0.05) is 0 Å². The molecule has 0 spiro atoms. The van der Waals surface area contributed by atoms with Crippen molar-refractivity contribution in [3.63, 3.8) is 0 Å². The fourth-order valence-electron chi connectivity index (χ4n) is 4.94. The van der Waals surface area contributed by atoms with Crippen molar-refractivity contribution >= 4 is 22.8 Å². The summed E-state index contributed by atoms with van der Waals surface area (Å²) in [5, 5.41) is 0. The first-order valence-electron chi connectivity index (χ1n) is 15.6. The average molecular weight is 515 g/mol. The van der Waals surface area contributed by atoms with Crippen molar-refractivity contribution in [1.82, 2.24) is 0 Å². The van der Waals surface area contributed by atoms with Gasteiger partial charge in [0.2, 0.25) is 0 Å². The molecule has 38 heavy (non-hydrogen) atoms. The van der Waals surface area contributed by atoms with Crippen LogP contribution < -0.4 is 0 Å². The maximum atomic E-state index is 5.33. The summed E-state index contributed by atoms with van der Waals surface area (Å²) in [7, 11) is 0. The Morgan fingerprint density at radius 3 is 1.42 bits per heavy atom. The SMILES string of the molecule is CCCC/C=C/C(=Nc1cc(CCC)cc(CCC)c1)C(CCCC)=Nc1cc(CCC)cc(CCC)c1. The lowest BCUT2D eigenvalue weighted by atomic mass is 10.0. The third-order valence-corrected chi connectivity index (χ3v) is 6.81. The van der Waals surface area contributed by atoms with E-state index in [1.807, 2.05) is 0 Å². The standard InChI is InChI=1S/C36H54N2/c1-7-13-15-16-22-36(38-34-27-31(19-11-5)24-32(28-34)20-12-6)35(21-14-8-2)37-33-25-29(17-9-3)23-30(26-33)18-10-4/h16,22-28H,7-15,17-21H2,1-6H3/b22-16+,37-35?,38-36?. The molecule has 0 aromatic heterocycles. The third kappa shape index (κ3) is 11.5. The molecule has 0 N–H and O–H groups in total. The highest BCUT2D eigenvalue weighted by Crippen LogP contribution is 2.24. The number of unbranched alkanes of at least 4 members (excludes halogenated alkanes) is 3. The monoisotopic (exact) mass is 514 g/mol. The minimum absolute atomic E-state index is 0.949. The van der Waals surface area contributed by atoms with Gasteiger partial charge in [0.1, 0.15) is 0 Å². The number of hydrogen-bond donors (Lipinski definition) is 0. The summed E-state index contributed by atoms with van der Waals surface area (Å²) in [4.78, 5) is 10.6. The second-order valence-electron chi connectivity index (χ2n) is 10.7. The molecule has 0 unspecified atom stereocenters. The van der Waals surface area contributed by atoms with Crippen LogP contribution in [-0.2, 0) is 25.7 Å². The van der Waals surface area contributed by atoms with E-state index in [4.69, 9.17) is 9.98 Å². The predicted molar refractivity (Wildman–Crippen MR) is 171 cm³/mol. The third-order valence-electron chi connectivity index (χ3n) is 6.81. The van der Waals surface area contributed by atoms with Crippen molar-refractivity contribution in [2.75, 3.05) is 0 Å². The molecule has 2 heteroatoms. The van der Waals surface area contributed by atoms with E-state index in [0.717, 1.165) is 99.8 Å². The van der Waals surface area contributed by atoms with Crippen molar-refractivity contribution in [3.05, 3.63) is 70.8 Å². The Morgan fingerprint density at radius 2 is 1.00 bits per heavy atom. The molecule has 2 aromatic rings. The summed E-state index contributed by atoms with van der Waals surface area (Å²) in [5.74, 6) is 0. The molecule has 0 aliphatic rings. The molecule has 208 valence electrons. The minimum atomic E-state index is 0.949. The Balaban J connectivity index is 2.65. The number of aryl methyl sites for hydroxylation is 4. The van der Waals surface area contributed by atoms with Gasteiger partial charge in [-0.2, -0.15) is 0 Å². The van der Waals surface area contributed by atoms with Gasteiger partial charge < -0.3 is 0 Å². The van der Waals surface area contributed by atoms with E-state index in [2.05, 4.69) is 90.1 Å². The number of rotatable bonds is 18. The maximum absolute atomic E-state index is 5.33. The van der Waals surface area contributed by atoms with Gasteiger partial charge in [-0.1, -0.05) is 105 Å². The first kappa shape index (κ1) is 31.7. The van der Waals surface area contributed by atoms with Gasteiger partial charge in [0.25, 0.3) is 0 Å². The van der Waals surface area contributed by atoms with Gasteiger partial charge in [-0.3, -0.25) is 4.99 Å². The molecular formula is C36H54N2. The molecular weight excluding hydrogens is 460 g/mol. The van der Waals surface area contributed by atoms with Crippen LogP contribution in [0.15, 0.2) is 58.5 Å². The highest BCUT2D eigenvalue weighted by Gasteiger charge is 2.10. The van der Waals surface area contributed by atoms with Crippen molar-refractivity contribution in [1.29, 1.82) is 0 Å². The summed E-state index contributed by atoms with van der Waals surface area (Å²) in [5.41, 5.74) is 9.92. The number of aliphatic imine (C=N–C) groups is 2. The van der Waals surface area contributed by atoms with E-state index in [9.17, 15) is 0 Å². The number of benzene rings is 2. The molecule has 2 nitrogen and oxygen atoms in total. The van der Waals surface area contributed by atoms with E-state index in [0.29, 0.717) is 0 Å². The lowest BCUT2D eigenvalue weighted by molar-refractivity contribution is 0.815. The van der Waals surface area contributed by atoms with Crippen LogP contribution in [0.4, 0.5) is 11.4 Å². The van der Waals surface area contributed by atoms with E-state index >= 15 is 0 Å². The van der Waals surface area contributed by atoms with E-state index in [1.54, 1.807) is 0 Å². The maximum Gasteiger partial charge on any atom is 0.0848 e. The molecule has 0 saturated heterocycles. The highest BCUT2D eigenvalue weighted by molar-refractivity contribution is 6.47. The van der Waals surface area contributed by atoms with Crippen LogP contribution in [-0.4, -0.2) is 11.4 Å². The molecule has 0 bridgehead atoms. The van der Waals surface area contributed by atoms with E-state index < -0.39 is 0 Å². The lowest BCUT2D eigenvalue weighted by Crippen LogP contribution is -2.12. The van der Waals surface area contributed by atoms with E-state index in [-0.39, 0.29) is 0 Å². The second-order valence-corrected chi connectivity index (χ2v) is 10.7. The van der Waals surface area contributed by atoms with E-state index in [1.165, 1.54) is 35.1 Å². The zero-order chi connectivity index (χ0) is 27.6. The summed E-state index contributed by atoms with van der Waals surface area (Å²) < 4.78 is 0. The van der Waals surface area contributed by atoms with Crippen LogP contribution in [0.1, 0.15) is 128 Å². The molecule has 2 aromatic carbocycles.